The second-order valence-electron chi connectivity index (χ2n) is 8.82. The van der Waals surface area contributed by atoms with Crippen LogP contribution < -0.4 is 0 Å². The molecule has 1 N–H and O–H groups in total. The van der Waals surface area contributed by atoms with E-state index in [2.05, 4.69) is 74.2 Å². The quantitative estimate of drug-likeness (QED) is 0.365. The molecule has 0 fully saturated rings. The number of rotatable bonds is 10. The Bertz CT molecular complexity index is 411. The van der Waals surface area contributed by atoms with Crippen LogP contribution in [-0.2, 0) is 4.43 Å². The van der Waals surface area contributed by atoms with Crippen molar-refractivity contribution < 1.29 is 9.53 Å². The fraction of sp³-hybridized carbons (Fsp3) is 0.909. The highest BCUT2D eigenvalue weighted by Gasteiger charge is 2.48. The maximum atomic E-state index is 10.9. The van der Waals surface area contributed by atoms with Crippen LogP contribution in [0.5, 0.6) is 0 Å². The Kier molecular flexibility index (Phi) is 10.6. The summed E-state index contributed by atoms with van der Waals surface area (Å²) < 4.78 is 7.12. The van der Waals surface area contributed by atoms with Crippen molar-refractivity contribution in [2.75, 3.05) is 0 Å². The minimum atomic E-state index is -1.98. The molecule has 5 atom stereocenters. The maximum Gasteiger partial charge on any atom is 0.200 e. The first-order valence-electron chi connectivity index (χ1n) is 10.2. The lowest BCUT2D eigenvalue weighted by Crippen LogP contribution is -2.54. The van der Waals surface area contributed by atoms with Crippen molar-refractivity contribution in [3.8, 4) is 11.8 Å². The van der Waals surface area contributed by atoms with Gasteiger partial charge in [-0.25, -0.2) is 0 Å². The van der Waals surface area contributed by atoms with Crippen molar-refractivity contribution in [1.29, 1.82) is 0 Å². The SMILES string of the molecule is CC#C[C@@H](C)[C@H](O)[C@@H](C)[C@H](O[Si](C(C)C)(C(C)C)C(C)C)[C@H](C)CC. The largest absolute Gasteiger partial charge is 0.413 e. The van der Waals surface area contributed by atoms with Crippen molar-refractivity contribution in [3.05, 3.63) is 0 Å². The van der Waals surface area contributed by atoms with Gasteiger partial charge in [-0.15, -0.1) is 5.92 Å². The Morgan fingerprint density at radius 1 is 0.880 bits per heavy atom. The molecule has 0 radical (unpaired) electrons. The van der Waals surface area contributed by atoms with Crippen molar-refractivity contribution in [2.45, 2.75) is 111 Å². The van der Waals surface area contributed by atoms with Crippen LogP contribution in [-0.4, -0.2) is 25.6 Å². The summed E-state index contributed by atoms with van der Waals surface area (Å²) in [6, 6.07) is 0. The summed E-state index contributed by atoms with van der Waals surface area (Å²) in [5.41, 5.74) is 1.66. The van der Waals surface area contributed by atoms with Crippen molar-refractivity contribution in [1.82, 2.24) is 0 Å². The predicted octanol–water partition coefficient (Wildman–Crippen LogP) is 6.25. The first-order valence-corrected chi connectivity index (χ1v) is 12.4. The van der Waals surface area contributed by atoms with Crippen molar-refractivity contribution in [2.24, 2.45) is 17.8 Å². The van der Waals surface area contributed by atoms with Crippen LogP contribution in [0.25, 0.3) is 0 Å². The van der Waals surface area contributed by atoms with E-state index in [9.17, 15) is 5.11 Å². The van der Waals surface area contributed by atoms with Gasteiger partial charge in [-0.3, -0.25) is 0 Å². The third-order valence-corrected chi connectivity index (χ3v) is 12.3. The minimum Gasteiger partial charge on any atom is -0.413 e. The summed E-state index contributed by atoms with van der Waals surface area (Å²) in [6.45, 7) is 24.4. The van der Waals surface area contributed by atoms with E-state index in [-0.39, 0.29) is 17.9 Å². The van der Waals surface area contributed by atoms with E-state index in [1.807, 2.05) is 13.8 Å². The van der Waals surface area contributed by atoms with E-state index < -0.39 is 14.4 Å². The fourth-order valence-electron chi connectivity index (χ4n) is 4.58. The van der Waals surface area contributed by atoms with Gasteiger partial charge in [0, 0.05) is 11.8 Å². The summed E-state index contributed by atoms with van der Waals surface area (Å²) in [5, 5.41) is 10.9. The molecule has 0 heterocycles. The highest BCUT2D eigenvalue weighted by atomic mass is 28.4. The molecular formula is C22H44O2Si. The number of hydrogen-bond donors (Lipinski definition) is 1. The zero-order valence-corrected chi connectivity index (χ0v) is 19.7. The highest BCUT2D eigenvalue weighted by molar-refractivity contribution is 6.77. The Hall–Kier alpha value is -0.303. The van der Waals surface area contributed by atoms with Crippen LogP contribution in [0.4, 0.5) is 0 Å². The van der Waals surface area contributed by atoms with Crippen LogP contribution in [0, 0.1) is 29.6 Å². The highest BCUT2D eigenvalue weighted by Crippen LogP contribution is 2.45. The van der Waals surface area contributed by atoms with Gasteiger partial charge in [-0.2, -0.15) is 0 Å². The van der Waals surface area contributed by atoms with E-state index in [4.69, 9.17) is 4.43 Å². The topological polar surface area (TPSA) is 29.5 Å². The smallest absolute Gasteiger partial charge is 0.200 e. The lowest BCUT2D eigenvalue weighted by molar-refractivity contribution is -0.0144. The molecule has 0 bridgehead atoms. The van der Waals surface area contributed by atoms with Gasteiger partial charge in [0.1, 0.15) is 0 Å². The van der Waals surface area contributed by atoms with Gasteiger partial charge in [-0.05, 0) is 36.4 Å². The molecule has 0 rings (SSSR count). The molecule has 0 saturated carbocycles. The molecule has 0 aromatic carbocycles. The van der Waals surface area contributed by atoms with Gasteiger partial charge in [0.05, 0.1) is 12.2 Å². The van der Waals surface area contributed by atoms with Crippen LogP contribution in [0.3, 0.4) is 0 Å². The standard InChI is InChI=1S/C22H44O2Si/c1-12-14-19(10)21(23)20(11)22(18(9)13-2)24-25(15(3)4,16(5)6)17(7)8/h15-23H,13H2,1-11H3/t18-,19-,20-,21+,22-/m1/s1. The molecule has 148 valence electrons. The summed E-state index contributed by atoms with van der Waals surface area (Å²) in [4.78, 5) is 0. The average molecular weight is 369 g/mol. The average Bonchev–Trinajstić information content (AvgIpc) is 2.53. The predicted molar refractivity (Wildman–Crippen MR) is 113 cm³/mol. The Morgan fingerprint density at radius 3 is 1.64 bits per heavy atom. The van der Waals surface area contributed by atoms with Crippen molar-refractivity contribution >= 4 is 8.32 Å². The first-order chi connectivity index (χ1) is 11.5. The van der Waals surface area contributed by atoms with Crippen LogP contribution in [0.1, 0.15) is 82.6 Å². The maximum absolute atomic E-state index is 10.9. The Balaban J connectivity index is 5.83. The molecule has 0 aliphatic carbocycles. The lowest BCUT2D eigenvalue weighted by atomic mass is 9.83. The molecule has 0 aromatic heterocycles. The molecule has 0 saturated heterocycles. The summed E-state index contributed by atoms with van der Waals surface area (Å²) in [6.07, 6.45) is 0.693. The molecule has 0 aromatic rings. The van der Waals surface area contributed by atoms with Gasteiger partial charge >= 0.3 is 0 Å². The summed E-state index contributed by atoms with van der Waals surface area (Å²) in [7, 11) is -1.98. The second kappa shape index (κ2) is 10.8. The molecule has 0 aliphatic heterocycles. The Morgan fingerprint density at radius 2 is 1.32 bits per heavy atom. The lowest BCUT2D eigenvalue weighted by Gasteiger charge is -2.48. The van der Waals surface area contributed by atoms with Crippen LogP contribution in [0.15, 0.2) is 0 Å². The molecule has 2 nitrogen and oxygen atoms in total. The molecule has 0 amide bonds. The second-order valence-corrected chi connectivity index (χ2v) is 14.2. The monoisotopic (exact) mass is 368 g/mol. The van der Waals surface area contributed by atoms with Crippen LogP contribution in [0.2, 0.25) is 16.6 Å². The van der Waals surface area contributed by atoms with Gasteiger partial charge in [0.2, 0.25) is 8.32 Å². The molecule has 3 heteroatoms. The van der Waals surface area contributed by atoms with Gasteiger partial charge < -0.3 is 9.53 Å². The first kappa shape index (κ1) is 24.7. The van der Waals surface area contributed by atoms with E-state index in [1.54, 1.807) is 0 Å². The van der Waals surface area contributed by atoms with E-state index in [0.29, 0.717) is 22.5 Å². The zero-order valence-electron chi connectivity index (χ0n) is 18.7. The third-order valence-electron chi connectivity index (χ3n) is 6.19. The number of hydrogen-bond acceptors (Lipinski definition) is 2. The molecule has 0 spiro atoms. The van der Waals surface area contributed by atoms with Crippen molar-refractivity contribution in [3.63, 3.8) is 0 Å². The molecule has 0 unspecified atom stereocenters. The van der Waals surface area contributed by atoms with E-state index in [0.717, 1.165) is 6.42 Å². The normalized spacial score (nSPS) is 18.7. The van der Waals surface area contributed by atoms with Gasteiger partial charge in [-0.1, -0.05) is 74.7 Å². The van der Waals surface area contributed by atoms with Gasteiger partial charge in [0.15, 0.2) is 0 Å². The molecular weight excluding hydrogens is 324 g/mol. The zero-order chi connectivity index (χ0) is 19.9. The third kappa shape index (κ3) is 5.84. The fourth-order valence-corrected chi connectivity index (χ4v) is 10.3. The van der Waals surface area contributed by atoms with E-state index in [1.165, 1.54) is 0 Å². The molecule has 25 heavy (non-hydrogen) atoms. The molecule has 0 aliphatic rings. The van der Waals surface area contributed by atoms with Crippen LogP contribution >= 0.6 is 0 Å². The number of aliphatic hydroxyl groups is 1. The number of aliphatic hydroxyl groups excluding tert-OH is 1. The summed E-state index contributed by atoms with van der Waals surface area (Å²) >= 11 is 0. The Labute approximate surface area is 159 Å². The van der Waals surface area contributed by atoms with Gasteiger partial charge in [0.25, 0.3) is 0 Å². The summed E-state index contributed by atoms with van der Waals surface area (Å²) in [5.74, 6) is 6.55. The minimum absolute atomic E-state index is 0.0247. The van der Waals surface area contributed by atoms with E-state index >= 15 is 0 Å².